The smallest absolute Gasteiger partial charge is 0.169 e. The van der Waals surface area contributed by atoms with Crippen molar-refractivity contribution in [2.45, 2.75) is 13.8 Å². The van der Waals surface area contributed by atoms with Crippen LogP contribution in [0.1, 0.15) is 12.5 Å². The molecule has 1 heterocycles. The van der Waals surface area contributed by atoms with Gasteiger partial charge in [0.2, 0.25) is 0 Å². The number of hydrogen-bond donors (Lipinski definition) is 3. The first-order valence-corrected chi connectivity index (χ1v) is 5.40. The summed E-state index contributed by atoms with van der Waals surface area (Å²) in [4.78, 5) is 4.23. The van der Waals surface area contributed by atoms with Gasteiger partial charge in [0, 0.05) is 12.6 Å². The lowest BCUT2D eigenvalue weighted by atomic mass is 10.1. The number of hydrogen-bond acceptors (Lipinski definition) is 5. The van der Waals surface area contributed by atoms with Crippen molar-refractivity contribution < 1.29 is 10.2 Å². The van der Waals surface area contributed by atoms with Crippen molar-refractivity contribution in [1.29, 1.82) is 5.41 Å². The van der Waals surface area contributed by atoms with E-state index in [9.17, 15) is 10.2 Å². The number of aliphatic imine (C=N–C) groups is 1. The maximum Gasteiger partial charge on any atom is 0.169 e. The molecular weight excluding hydrogens is 232 g/mol. The molecule has 2 rings (SSSR count). The Kier molecular flexibility index (Phi) is 2.78. The Bertz CT molecular complexity index is 590. The largest absolute Gasteiger partial charge is 0.508 e. The lowest BCUT2D eigenvalue weighted by Crippen LogP contribution is -2.23. The number of nitrogens with zero attached hydrogens (tertiary/aromatic N) is 3. The van der Waals surface area contributed by atoms with Crippen molar-refractivity contribution >= 4 is 22.9 Å². The molecule has 0 fully saturated rings. The number of aromatic hydroxyl groups is 2. The van der Waals surface area contributed by atoms with E-state index in [1.165, 1.54) is 17.1 Å². The Morgan fingerprint density at radius 3 is 2.50 bits per heavy atom. The van der Waals surface area contributed by atoms with E-state index in [-0.39, 0.29) is 17.3 Å². The second-order valence-corrected chi connectivity index (χ2v) is 4.10. The number of hydrazone groups is 1. The molecule has 0 saturated carbocycles. The van der Waals surface area contributed by atoms with Crippen LogP contribution in [0, 0.1) is 12.3 Å². The van der Waals surface area contributed by atoms with Gasteiger partial charge in [-0.05, 0) is 26.0 Å². The molecule has 0 bridgehead atoms. The summed E-state index contributed by atoms with van der Waals surface area (Å²) < 4.78 is 0. The van der Waals surface area contributed by atoms with Gasteiger partial charge < -0.3 is 10.2 Å². The van der Waals surface area contributed by atoms with Crippen LogP contribution >= 0.6 is 0 Å². The van der Waals surface area contributed by atoms with Crippen LogP contribution in [-0.2, 0) is 0 Å². The topological polar surface area (TPSA) is 92.3 Å². The molecule has 1 aromatic carbocycles. The lowest BCUT2D eigenvalue weighted by molar-refractivity contribution is 0.444. The SMILES string of the molecule is CC1=NN(C)C(=N)C1=Nc1ccc(O)c(C)c1O. The maximum atomic E-state index is 9.89. The zero-order chi connectivity index (χ0) is 13.4. The minimum absolute atomic E-state index is 0.0143. The molecular formula is C12H14N4O2. The van der Waals surface area contributed by atoms with E-state index in [1.54, 1.807) is 20.9 Å². The quantitative estimate of drug-likeness (QED) is 0.705. The molecule has 1 aliphatic rings. The Morgan fingerprint density at radius 2 is 1.94 bits per heavy atom. The standard InChI is InChI=1S/C12H14N4O2/c1-6-9(17)5-4-8(11(6)18)14-10-7(2)15-16(3)12(10)13/h4-5,13,17-18H,1-3H3. The molecule has 18 heavy (non-hydrogen) atoms. The fraction of sp³-hybridized carbons (Fsp3) is 0.250. The van der Waals surface area contributed by atoms with Gasteiger partial charge in [-0.1, -0.05) is 0 Å². The van der Waals surface area contributed by atoms with Gasteiger partial charge >= 0.3 is 0 Å². The number of phenolic OH excluding ortho intramolecular Hbond substituents is 2. The van der Waals surface area contributed by atoms with Gasteiger partial charge in [0.15, 0.2) is 5.84 Å². The summed E-state index contributed by atoms with van der Waals surface area (Å²) in [6.07, 6.45) is 0. The molecule has 0 aliphatic carbocycles. The van der Waals surface area contributed by atoms with E-state index in [0.29, 0.717) is 22.7 Å². The van der Waals surface area contributed by atoms with Crippen molar-refractivity contribution in [3.63, 3.8) is 0 Å². The Morgan fingerprint density at radius 1 is 1.28 bits per heavy atom. The van der Waals surface area contributed by atoms with Crippen molar-refractivity contribution in [3.8, 4) is 11.5 Å². The fourth-order valence-electron chi connectivity index (χ4n) is 1.67. The van der Waals surface area contributed by atoms with Gasteiger partial charge in [0.05, 0.1) is 5.71 Å². The van der Waals surface area contributed by atoms with Crippen LogP contribution in [-0.4, -0.2) is 39.5 Å². The molecule has 1 aromatic rings. The number of amidine groups is 1. The van der Waals surface area contributed by atoms with Crippen LogP contribution in [0.2, 0.25) is 0 Å². The van der Waals surface area contributed by atoms with Crippen LogP contribution in [0.5, 0.6) is 11.5 Å². The van der Waals surface area contributed by atoms with Gasteiger partial charge in [0.25, 0.3) is 0 Å². The molecule has 0 radical (unpaired) electrons. The highest BCUT2D eigenvalue weighted by molar-refractivity contribution is 6.69. The van der Waals surface area contributed by atoms with Crippen LogP contribution in [0.25, 0.3) is 0 Å². The second kappa shape index (κ2) is 4.14. The average Bonchev–Trinajstić information content (AvgIpc) is 2.56. The molecule has 6 nitrogen and oxygen atoms in total. The highest BCUT2D eigenvalue weighted by atomic mass is 16.3. The Hall–Kier alpha value is -2.37. The van der Waals surface area contributed by atoms with E-state index in [2.05, 4.69) is 10.1 Å². The second-order valence-electron chi connectivity index (χ2n) is 4.10. The van der Waals surface area contributed by atoms with Crippen molar-refractivity contribution in [2.24, 2.45) is 10.1 Å². The molecule has 0 atom stereocenters. The van der Waals surface area contributed by atoms with E-state index in [0.717, 1.165) is 0 Å². The van der Waals surface area contributed by atoms with Crippen LogP contribution in [0.3, 0.4) is 0 Å². The predicted octanol–water partition coefficient (Wildman–Crippen LogP) is 1.78. The van der Waals surface area contributed by atoms with Crippen LogP contribution in [0.4, 0.5) is 5.69 Å². The number of phenols is 2. The normalized spacial score (nSPS) is 17.5. The van der Waals surface area contributed by atoms with Crippen molar-refractivity contribution in [1.82, 2.24) is 5.01 Å². The third-order valence-corrected chi connectivity index (χ3v) is 2.80. The summed E-state index contributed by atoms with van der Waals surface area (Å²) in [5.41, 5.74) is 1.71. The first-order chi connectivity index (χ1) is 8.41. The zero-order valence-corrected chi connectivity index (χ0v) is 10.4. The first kappa shape index (κ1) is 12.1. The molecule has 3 N–H and O–H groups in total. The van der Waals surface area contributed by atoms with Crippen molar-refractivity contribution in [3.05, 3.63) is 17.7 Å². The maximum absolute atomic E-state index is 9.89. The molecule has 94 valence electrons. The third-order valence-electron chi connectivity index (χ3n) is 2.80. The Balaban J connectivity index is 2.50. The summed E-state index contributed by atoms with van der Waals surface area (Å²) in [5, 5.41) is 32.6. The number of rotatable bonds is 1. The lowest BCUT2D eigenvalue weighted by Gasteiger charge is -2.07. The molecule has 0 amide bonds. The predicted molar refractivity (Wildman–Crippen MR) is 70.2 cm³/mol. The van der Waals surface area contributed by atoms with Gasteiger partial charge in [-0.25, -0.2) is 10.0 Å². The summed E-state index contributed by atoms with van der Waals surface area (Å²) >= 11 is 0. The van der Waals surface area contributed by atoms with E-state index >= 15 is 0 Å². The average molecular weight is 246 g/mol. The highest BCUT2D eigenvalue weighted by Gasteiger charge is 2.23. The van der Waals surface area contributed by atoms with Gasteiger partial charge in [0.1, 0.15) is 22.9 Å². The first-order valence-electron chi connectivity index (χ1n) is 5.40. The highest BCUT2D eigenvalue weighted by Crippen LogP contribution is 2.35. The zero-order valence-electron chi connectivity index (χ0n) is 10.4. The summed E-state index contributed by atoms with van der Waals surface area (Å²) in [6.45, 7) is 3.35. The Labute approximate surface area is 104 Å². The van der Waals surface area contributed by atoms with Crippen molar-refractivity contribution in [2.75, 3.05) is 7.05 Å². The monoisotopic (exact) mass is 246 g/mol. The molecule has 1 aliphatic heterocycles. The number of benzene rings is 1. The molecule has 0 saturated heterocycles. The molecule has 0 aromatic heterocycles. The van der Waals surface area contributed by atoms with E-state index in [1.807, 2.05) is 0 Å². The minimum Gasteiger partial charge on any atom is -0.508 e. The molecule has 0 unspecified atom stereocenters. The van der Waals surface area contributed by atoms with E-state index < -0.39 is 0 Å². The minimum atomic E-state index is -0.0855. The van der Waals surface area contributed by atoms with E-state index in [4.69, 9.17) is 5.41 Å². The van der Waals surface area contributed by atoms with Gasteiger partial charge in [-0.2, -0.15) is 5.10 Å². The van der Waals surface area contributed by atoms with Crippen LogP contribution < -0.4 is 0 Å². The summed E-state index contributed by atoms with van der Waals surface area (Å²) in [7, 11) is 1.66. The summed E-state index contributed by atoms with van der Waals surface area (Å²) in [6, 6.07) is 2.97. The van der Waals surface area contributed by atoms with Gasteiger partial charge in [-0.15, -0.1) is 0 Å². The number of nitrogens with one attached hydrogen (secondary N) is 1. The molecule has 0 spiro atoms. The summed E-state index contributed by atoms with van der Waals surface area (Å²) in [5.74, 6) is 0.107. The fourth-order valence-corrected chi connectivity index (χ4v) is 1.67. The molecule has 6 heteroatoms. The van der Waals surface area contributed by atoms with Gasteiger partial charge in [-0.3, -0.25) is 5.41 Å². The third kappa shape index (κ3) is 1.81. The van der Waals surface area contributed by atoms with Crippen LogP contribution in [0.15, 0.2) is 22.2 Å².